The Labute approximate surface area is 159 Å². The van der Waals surface area contributed by atoms with Gasteiger partial charge in [0.2, 0.25) is 0 Å². The summed E-state index contributed by atoms with van der Waals surface area (Å²) in [5, 5.41) is 3.34. The standard InChI is InChI=1S/C24H34N2/c1-4-5-15-24(16-8-17-25-3)18-21-9-6-7-10-23(21)26(19-24)22-13-11-20(2)12-14-22/h6-7,9-14,25H,4-5,8,15-19H2,1-3H3. The van der Waals surface area contributed by atoms with E-state index in [1.54, 1.807) is 0 Å². The minimum atomic E-state index is 0.381. The number of rotatable bonds is 8. The van der Waals surface area contributed by atoms with Crippen LogP contribution in [-0.4, -0.2) is 20.1 Å². The van der Waals surface area contributed by atoms with Gasteiger partial charge in [-0.2, -0.15) is 0 Å². The zero-order valence-electron chi connectivity index (χ0n) is 16.7. The van der Waals surface area contributed by atoms with Gasteiger partial charge in [-0.25, -0.2) is 0 Å². The molecule has 3 rings (SSSR count). The lowest BCUT2D eigenvalue weighted by atomic mass is 9.71. The van der Waals surface area contributed by atoms with Crippen molar-refractivity contribution in [2.75, 3.05) is 25.0 Å². The lowest BCUT2D eigenvalue weighted by Gasteiger charge is -2.45. The van der Waals surface area contributed by atoms with Crippen molar-refractivity contribution in [2.24, 2.45) is 5.41 Å². The topological polar surface area (TPSA) is 15.3 Å². The number of unbranched alkanes of at least 4 members (excludes halogenated alkanes) is 1. The molecule has 1 heterocycles. The highest BCUT2D eigenvalue weighted by Gasteiger charge is 2.37. The third-order valence-electron chi connectivity index (χ3n) is 5.88. The summed E-state index contributed by atoms with van der Waals surface area (Å²) in [6.45, 7) is 6.73. The molecule has 2 aromatic carbocycles. The van der Waals surface area contributed by atoms with Gasteiger partial charge in [0.15, 0.2) is 0 Å². The summed E-state index contributed by atoms with van der Waals surface area (Å²) < 4.78 is 0. The summed E-state index contributed by atoms with van der Waals surface area (Å²) in [4.78, 5) is 2.58. The number of nitrogens with zero attached hydrogens (tertiary/aromatic N) is 1. The smallest absolute Gasteiger partial charge is 0.0443 e. The Kier molecular flexibility index (Phi) is 6.37. The molecule has 0 aliphatic carbocycles. The van der Waals surface area contributed by atoms with Gasteiger partial charge in [0, 0.05) is 17.9 Å². The molecule has 1 aliphatic rings. The second-order valence-electron chi connectivity index (χ2n) is 8.04. The van der Waals surface area contributed by atoms with Crippen LogP contribution in [0.25, 0.3) is 0 Å². The monoisotopic (exact) mass is 350 g/mol. The average molecular weight is 351 g/mol. The Morgan fingerprint density at radius 3 is 2.46 bits per heavy atom. The second kappa shape index (κ2) is 8.73. The maximum Gasteiger partial charge on any atom is 0.0443 e. The predicted molar refractivity (Wildman–Crippen MR) is 113 cm³/mol. The van der Waals surface area contributed by atoms with Crippen LogP contribution in [0.5, 0.6) is 0 Å². The number of para-hydroxylation sites is 1. The number of fused-ring (bicyclic) bond motifs is 1. The molecule has 1 unspecified atom stereocenters. The minimum Gasteiger partial charge on any atom is -0.341 e. The van der Waals surface area contributed by atoms with E-state index < -0.39 is 0 Å². The van der Waals surface area contributed by atoms with Gasteiger partial charge >= 0.3 is 0 Å². The Morgan fingerprint density at radius 1 is 1.00 bits per heavy atom. The van der Waals surface area contributed by atoms with E-state index >= 15 is 0 Å². The molecule has 1 atom stereocenters. The lowest BCUT2D eigenvalue weighted by molar-refractivity contribution is 0.225. The Bertz CT molecular complexity index is 692. The third-order valence-corrected chi connectivity index (χ3v) is 5.88. The van der Waals surface area contributed by atoms with Gasteiger partial charge in [-0.05, 0) is 75.4 Å². The number of benzene rings is 2. The number of hydrogen-bond acceptors (Lipinski definition) is 2. The van der Waals surface area contributed by atoms with Crippen LogP contribution in [0.3, 0.4) is 0 Å². The van der Waals surface area contributed by atoms with Gasteiger partial charge in [0.05, 0.1) is 0 Å². The van der Waals surface area contributed by atoms with E-state index in [-0.39, 0.29) is 0 Å². The Balaban J connectivity index is 1.96. The van der Waals surface area contributed by atoms with Crippen LogP contribution >= 0.6 is 0 Å². The summed E-state index contributed by atoms with van der Waals surface area (Å²) >= 11 is 0. The molecule has 140 valence electrons. The first-order valence-electron chi connectivity index (χ1n) is 10.2. The van der Waals surface area contributed by atoms with Crippen LogP contribution < -0.4 is 10.2 Å². The van der Waals surface area contributed by atoms with Crippen molar-refractivity contribution in [3.05, 3.63) is 59.7 Å². The van der Waals surface area contributed by atoms with E-state index in [1.807, 2.05) is 0 Å². The van der Waals surface area contributed by atoms with Crippen LogP contribution in [0.15, 0.2) is 48.5 Å². The Morgan fingerprint density at radius 2 is 1.73 bits per heavy atom. The molecule has 1 aliphatic heterocycles. The van der Waals surface area contributed by atoms with E-state index in [0.29, 0.717) is 5.41 Å². The molecule has 0 aromatic heterocycles. The van der Waals surface area contributed by atoms with Crippen molar-refractivity contribution < 1.29 is 0 Å². The molecule has 26 heavy (non-hydrogen) atoms. The molecule has 2 nitrogen and oxygen atoms in total. The molecule has 0 spiro atoms. The zero-order chi connectivity index (χ0) is 18.4. The molecule has 0 radical (unpaired) electrons. The van der Waals surface area contributed by atoms with E-state index in [2.05, 4.69) is 79.6 Å². The van der Waals surface area contributed by atoms with Crippen molar-refractivity contribution in [3.63, 3.8) is 0 Å². The number of nitrogens with one attached hydrogen (secondary N) is 1. The van der Waals surface area contributed by atoms with Crippen LogP contribution in [0.2, 0.25) is 0 Å². The maximum absolute atomic E-state index is 3.34. The molecule has 2 aromatic rings. The Hall–Kier alpha value is -1.80. The van der Waals surface area contributed by atoms with E-state index in [9.17, 15) is 0 Å². The summed E-state index contributed by atoms with van der Waals surface area (Å²) in [5.74, 6) is 0. The normalized spacial score (nSPS) is 19.4. The molecule has 2 heteroatoms. The van der Waals surface area contributed by atoms with Gasteiger partial charge < -0.3 is 10.2 Å². The highest BCUT2D eigenvalue weighted by molar-refractivity contribution is 5.68. The van der Waals surface area contributed by atoms with Crippen molar-refractivity contribution in [2.45, 2.75) is 52.4 Å². The van der Waals surface area contributed by atoms with Crippen molar-refractivity contribution in [3.8, 4) is 0 Å². The zero-order valence-corrected chi connectivity index (χ0v) is 16.7. The van der Waals surface area contributed by atoms with Crippen LogP contribution in [0.1, 0.15) is 50.2 Å². The minimum absolute atomic E-state index is 0.381. The molecular formula is C24H34N2. The first-order chi connectivity index (χ1) is 12.7. The SMILES string of the molecule is CCCCC1(CCCNC)Cc2ccccc2N(c2ccc(C)cc2)C1. The van der Waals surface area contributed by atoms with Gasteiger partial charge in [-0.3, -0.25) is 0 Å². The number of hydrogen-bond donors (Lipinski definition) is 1. The summed E-state index contributed by atoms with van der Waals surface area (Å²) in [6.07, 6.45) is 7.69. The predicted octanol–water partition coefficient (Wildman–Crippen LogP) is 5.87. The highest BCUT2D eigenvalue weighted by Crippen LogP contribution is 2.45. The van der Waals surface area contributed by atoms with Crippen LogP contribution in [0, 0.1) is 12.3 Å². The second-order valence-corrected chi connectivity index (χ2v) is 8.04. The van der Waals surface area contributed by atoms with Crippen molar-refractivity contribution in [1.82, 2.24) is 5.32 Å². The summed E-state index contributed by atoms with van der Waals surface area (Å²) in [7, 11) is 2.06. The van der Waals surface area contributed by atoms with E-state index in [1.165, 1.54) is 61.0 Å². The molecule has 0 amide bonds. The fourth-order valence-corrected chi connectivity index (χ4v) is 4.41. The summed E-state index contributed by atoms with van der Waals surface area (Å²) in [5.41, 5.74) is 5.95. The lowest BCUT2D eigenvalue weighted by Crippen LogP contribution is -2.42. The van der Waals surface area contributed by atoms with E-state index in [4.69, 9.17) is 0 Å². The molecule has 0 fully saturated rings. The fraction of sp³-hybridized carbons (Fsp3) is 0.500. The molecule has 0 bridgehead atoms. The average Bonchev–Trinajstić information content (AvgIpc) is 2.67. The summed E-state index contributed by atoms with van der Waals surface area (Å²) in [6, 6.07) is 18.1. The van der Waals surface area contributed by atoms with Crippen LogP contribution in [0.4, 0.5) is 11.4 Å². The molecular weight excluding hydrogens is 316 g/mol. The first kappa shape index (κ1) is 19.0. The fourth-order valence-electron chi connectivity index (χ4n) is 4.41. The molecule has 0 saturated heterocycles. The van der Waals surface area contributed by atoms with Crippen LogP contribution in [-0.2, 0) is 6.42 Å². The van der Waals surface area contributed by atoms with Gasteiger partial charge in [0.25, 0.3) is 0 Å². The molecule has 1 N–H and O–H groups in total. The number of aryl methyl sites for hydroxylation is 1. The first-order valence-corrected chi connectivity index (χ1v) is 10.2. The van der Waals surface area contributed by atoms with Gasteiger partial charge in [0.1, 0.15) is 0 Å². The highest BCUT2D eigenvalue weighted by atomic mass is 15.2. The van der Waals surface area contributed by atoms with Gasteiger partial charge in [-0.1, -0.05) is 55.7 Å². The molecule has 0 saturated carbocycles. The van der Waals surface area contributed by atoms with Gasteiger partial charge in [-0.15, -0.1) is 0 Å². The van der Waals surface area contributed by atoms with Crippen molar-refractivity contribution in [1.29, 1.82) is 0 Å². The largest absolute Gasteiger partial charge is 0.341 e. The van der Waals surface area contributed by atoms with E-state index in [0.717, 1.165) is 13.1 Å². The quantitative estimate of drug-likeness (QED) is 0.599. The number of anilines is 2. The maximum atomic E-state index is 3.34. The third kappa shape index (κ3) is 4.29. The van der Waals surface area contributed by atoms with Crippen molar-refractivity contribution >= 4 is 11.4 Å².